The quantitative estimate of drug-likeness (QED) is 0.292. The van der Waals surface area contributed by atoms with Crippen molar-refractivity contribution >= 4 is 11.8 Å². The zero-order valence-electron chi connectivity index (χ0n) is 15.7. The highest BCUT2D eigenvalue weighted by molar-refractivity contribution is 5.78. The molecular formula is C20H34O6. The van der Waals surface area contributed by atoms with Gasteiger partial charge >= 0.3 is 5.97 Å². The van der Waals surface area contributed by atoms with Gasteiger partial charge in [0.25, 0.3) is 0 Å². The molecule has 4 N–H and O–H groups in total. The van der Waals surface area contributed by atoms with Crippen molar-refractivity contribution in [1.29, 1.82) is 0 Å². The van der Waals surface area contributed by atoms with Crippen molar-refractivity contribution in [3.63, 3.8) is 0 Å². The molecule has 150 valence electrons. The van der Waals surface area contributed by atoms with Crippen LogP contribution in [0.15, 0.2) is 12.2 Å². The van der Waals surface area contributed by atoms with Crippen molar-refractivity contribution in [3.8, 4) is 0 Å². The van der Waals surface area contributed by atoms with Crippen molar-refractivity contribution in [3.05, 3.63) is 12.2 Å². The average molecular weight is 370 g/mol. The average Bonchev–Trinajstić information content (AvgIpc) is 2.83. The molecule has 0 bridgehead atoms. The van der Waals surface area contributed by atoms with Crippen LogP contribution < -0.4 is 0 Å². The maximum atomic E-state index is 12.1. The van der Waals surface area contributed by atoms with E-state index in [1.165, 1.54) is 0 Å². The van der Waals surface area contributed by atoms with E-state index < -0.39 is 24.3 Å². The number of aliphatic hydroxyl groups is 3. The Hall–Kier alpha value is -1.24. The first kappa shape index (κ1) is 22.8. The minimum absolute atomic E-state index is 0.0181. The van der Waals surface area contributed by atoms with Gasteiger partial charge in [-0.1, -0.05) is 38.3 Å². The van der Waals surface area contributed by atoms with Gasteiger partial charge in [0.15, 0.2) is 0 Å². The second-order valence-electron chi connectivity index (χ2n) is 7.40. The Morgan fingerprint density at radius 3 is 2.42 bits per heavy atom. The Morgan fingerprint density at radius 1 is 1.08 bits per heavy atom. The van der Waals surface area contributed by atoms with E-state index >= 15 is 0 Å². The van der Waals surface area contributed by atoms with Crippen molar-refractivity contribution in [2.75, 3.05) is 0 Å². The smallest absolute Gasteiger partial charge is 0.303 e. The molecule has 6 nitrogen and oxygen atoms in total. The number of hydrogen-bond acceptors (Lipinski definition) is 5. The lowest BCUT2D eigenvalue weighted by atomic mass is 9.87. The summed E-state index contributed by atoms with van der Waals surface area (Å²) in [6.07, 6.45) is 6.90. The van der Waals surface area contributed by atoms with Gasteiger partial charge in [-0.3, -0.25) is 9.59 Å². The zero-order valence-corrected chi connectivity index (χ0v) is 15.7. The second-order valence-corrected chi connectivity index (χ2v) is 7.40. The molecule has 0 radical (unpaired) electrons. The summed E-state index contributed by atoms with van der Waals surface area (Å²) < 4.78 is 0. The number of carbonyl (C=O) groups excluding carboxylic acids is 1. The van der Waals surface area contributed by atoms with E-state index in [1.807, 2.05) is 0 Å². The van der Waals surface area contributed by atoms with Crippen LogP contribution in [0.2, 0.25) is 0 Å². The van der Waals surface area contributed by atoms with Crippen LogP contribution in [0.4, 0.5) is 0 Å². The van der Waals surface area contributed by atoms with Crippen molar-refractivity contribution in [2.45, 2.75) is 89.4 Å². The first-order chi connectivity index (χ1) is 12.3. The highest BCUT2D eigenvalue weighted by Gasteiger charge is 2.41. The number of unbranched alkanes of at least 4 members (excludes halogenated alkanes) is 3. The predicted molar refractivity (Wildman–Crippen MR) is 98.6 cm³/mol. The van der Waals surface area contributed by atoms with Crippen LogP contribution in [-0.2, 0) is 9.59 Å². The van der Waals surface area contributed by atoms with Gasteiger partial charge in [0.05, 0.1) is 18.3 Å². The first-order valence-electron chi connectivity index (χ1n) is 9.81. The molecule has 0 aromatic heterocycles. The molecule has 6 heteroatoms. The molecule has 26 heavy (non-hydrogen) atoms. The van der Waals surface area contributed by atoms with Crippen LogP contribution in [-0.4, -0.2) is 50.5 Å². The Bertz CT molecular complexity index is 461. The summed E-state index contributed by atoms with van der Waals surface area (Å²) in [4.78, 5) is 22.6. The highest BCUT2D eigenvalue weighted by Crippen LogP contribution is 2.36. The number of carboxylic acids is 1. The number of rotatable bonds is 13. The van der Waals surface area contributed by atoms with E-state index in [0.29, 0.717) is 25.7 Å². The van der Waals surface area contributed by atoms with Gasteiger partial charge in [0, 0.05) is 37.5 Å². The molecule has 0 unspecified atom stereocenters. The number of aliphatic carboxylic acids is 1. The van der Waals surface area contributed by atoms with Gasteiger partial charge in [-0.2, -0.15) is 0 Å². The van der Waals surface area contributed by atoms with Crippen LogP contribution in [0, 0.1) is 11.8 Å². The monoisotopic (exact) mass is 370 g/mol. The molecular weight excluding hydrogens is 336 g/mol. The number of hydrogen-bond donors (Lipinski definition) is 4. The fourth-order valence-electron chi connectivity index (χ4n) is 3.58. The molecule has 5 atom stereocenters. The van der Waals surface area contributed by atoms with Gasteiger partial charge in [-0.25, -0.2) is 0 Å². The predicted octanol–water partition coefficient (Wildman–Crippen LogP) is 2.45. The molecule has 1 saturated carbocycles. The number of carbonyl (C=O) groups is 2. The standard InChI is InChI=1S/C20H34O6/c1-2-3-4-7-14(21)10-11-16-17(19(24)13-18(16)23)12-15(22)8-5-6-9-20(25)26/h10-11,14,16-19,21,23-24H,2-9,12-13H2,1H3,(H,25,26)/b11-10+/t14-,16+,17+,18+,19-/m1/s1. The molecule has 0 aromatic carbocycles. The Kier molecular flexibility index (Phi) is 10.7. The van der Waals surface area contributed by atoms with Gasteiger partial charge in [0.1, 0.15) is 5.78 Å². The number of ketones is 1. The van der Waals surface area contributed by atoms with E-state index in [2.05, 4.69) is 6.92 Å². The molecule has 1 aliphatic rings. The normalized spacial score (nSPS) is 27.1. The van der Waals surface area contributed by atoms with Gasteiger partial charge < -0.3 is 20.4 Å². The van der Waals surface area contributed by atoms with Gasteiger partial charge in [0.2, 0.25) is 0 Å². The molecule has 0 aliphatic heterocycles. The van der Waals surface area contributed by atoms with Crippen LogP contribution in [0.25, 0.3) is 0 Å². The van der Waals surface area contributed by atoms with Crippen LogP contribution >= 0.6 is 0 Å². The number of carboxylic acid groups (broad SMARTS) is 1. The summed E-state index contributed by atoms with van der Waals surface area (Å²) >= 11 is 0. The van der Waals surface area contributed by atoms with E-state index in [4.69, 9.17) is 5.11 Å². The summed E-state index contributed by atoms with van der Waals surface area (Å²) in [6, 6.07) is 0. The van der Waals surface area contributed by atoms with E-state index in [9.17, 15) is 24.9 Å². The van der Waals surface area contributed by atoms with E-state index in [0.717, 1.165) is 19.3 Å². The number of Topliss-reactive ketones (excluding diaryl/α,β-unsaturated/α-hetero) is 1. The van der Waals surface area contributed by atoms with E-state index in [1.54, 1.807) is 12.2 Å². The van der Waals surface area contributed by atoms with Crippen LogP contribution in [0.1, 0.15) is 71.1 Å². The third-order valence-corrected chi connectivity index (χ3v) is 5.13. The van der Waals surface area contributed by atoms with Crippen LogP contribution in [0.5, 0.6) is 0 Å². The van der Waals surface area contributed by atoms with Crippen LogP contribution in [0.3, 0.4) is 0 Å². The minimum atomic E-state index is -0.866. The van der Waals surface area contributed by atoms with Crippen molar-refractivity contribution < 1.29 is 30.0 Å². The maximum Gasteiger partial charge on any atom is 0.303 e. The Balaban J connectivity index is 2.50. The highest BCUT2D eigenvalue weighted by atomic mass is 16.4. The molecule has 0 aromatic rings. The molecule has 0 amide bonds. The van der Waals surface area contributed by atoms with Crippen molar-refractivity contribution in [2.24, 2.45) is 11.8 Å². The summed E-state index contributed by atoms with van der Waals surface area (Å²) in [5.41, 5.74) is 0. The SMILES string of the molecule is CCCCC[C@@H](O)/C=C/[C@H]1[C@H](CC(=O)CCCCC(=O)O)[C@H](O)C[C@@H]1O. The summed E-state index contributed by atoms with van der Waals surface area (Å²) in [5, 5.41) is 39.0. The molecule has 0 heterocycles. The Labute approximate surface area is 155 Å². The third-order valence-electron chi connectivity index (χ3n) is 5.13. The molecule has 0 saturated heterocycles. The minimum Gasteiger partial charge on any atom is -0.481 e. The first-order valence-corrected chi connectivity index (χ1v) is 9.81. The second kappa shape index (κ2) is 12.2. The van der Waals surface area contributed by atoms with Crippen molar-refractivity contribution in [1.82, 2.24) is 0 Å². The largest absolute Gasteiger partial charge is 0.481 e. The summed E-state index contributed by atoms with van der Waals surface area (Å²) in [5.74, 6) is -1.57. The lowest BCUT2D eigenvalue weighted by Gasteiger charge is -2.20. The fraction of sp³-hybridized carbons (Fsp3) is 0.800. The number of aliphatic hydroxyl groups excluding tert-OH is 3. The summed E-state index contributed by atoms with van der Waals surface area (Å²) in [6.45, 7) is 2.10. The molecule has 1 rings (SSSR count). The molecule has 0 spiro atoms. The topological polar surface area (TPSA) is 115 Å². The lowest BCUT2D eigenvalue weighted by molar-refractivity contribution is -0.137. The van der Waals surface area contributed by atoms with E-state index in [-0.39, 0.29) is 36.9 Å². The van der Waals surface area contributed by atoms with Gasteiger partial charge in [-0.05, 0) is 19.3 Å². The fourth-order valence-corrected chi connectivity index (χ4v) is 3.58. The van der Waals surface area contributed by atoms with Gasteiger partial charge in [-0.15, -0.1) is 0 Å². The summed E-state index contributed by atoms with van der Waals surface area (Å²) in [7, 11) is 0. The zero-order chi connectivity index (χ0) is 19.5. The maximum absolute atomic E-state index is 12.1. The third kappa shape index (κ3) is 8.43. The molecule has 1 aliphatic carbocycles. The Morgan fingerprint density at radius 2 is 1.77 bits per heavy atom. The molecule has 1 fully saturated rings. The lowest BCUT2D eigenvalue weighted by Crippen LogP contribution is -2.24.